The molecule has 0 saturated heterocycles. The molecule has 0 spiro atoms. The van der Waals surface area contributed by atoms with E-state index in [0.29, 0.717) is 12.1 Å². The fourth-order valence-corrected chi connectivity index (χ4v) is 2.62. The summed E-state index contributed by atoms with van der Waals surface area (Å²) >= 11 is 0. The first kappa shape index (κ1) is 15.1. The van der Waals surface area contributed by atoms with E-state index >= 15 is 0 Å². The highest BCUT2D eigenvalue weighted by molar-refractivity contribution is 7.89. The van der Waals surface area contributed by atoms with Crippen molar-refractivity contribution < 1.29 is 13.5 Å². The molecule has 0 heterocycles. The van der Waals surface area contributed by atoms with Crippen LogP contribution < -0.4 is 4.72 Å². The number of rotatable bonds is 6. The smallest absolute Gasteiger partial charge is 0.240 e. The standard InChI is InChI=1S/C13H21NO3S/c1-4-13(2,3)10-14-18(16,17)12-7-5-6-11(8-12)9-15/h5-8,14-15H,4,9-10H2,1-3H3. The Balaban J connectivity index is 2.86. The first-order chi connectivity index (χ1) is 8.30. The lowest BCUT2D eigenvalue weighted by atomic mass is 9.91. The van der Waals surface area contributed by atoms with E-state index in [1.807, 2.05) is 20.8 Å². The largest absolute Gasteiger partial charge is 0.392 e. The summed E-state index contributed by atoms with van der Waals surface area (Å²) in [7, 11) is -3.50. The Hall–Kier alpha value is -0.910. The number of hydrogen-bond donors (Lipinski definition) is 2. The van der Waals surface area contributed by atoms with E-state index in [0.717, 1.165) is 6.42 Å². The number of aliphatic hydroxyl groups excluding tert-OH is 1. The molecule has 1 aromatic carbocycles. The summed E-state index contributed by atoms with van der Waals surface area (Å²) in [5, 5.41) is 9.01. The van der Waals surface area contributed by atoms with Crippen LogP contribution in [-0.4, -0.2) is 20.1 Å². The molecule has 5 heteroatoms. The average molecular weight is 271 g/mol. The molecule has 0 radical (unpaired) electrons. The van der Waals surface area contributed by atoms with Crippen molar-refractivity contribution >= 4 is 10.0 Å². The van der Waals surface area contributed by atoms with Crippen molar-refractivity contribution in [1.29, 1.82) is 0 Å². The predicted octanol–water partition coefficient (Wildman–Crippen LogP) is 1.89. The van der Waals surface area contributed by atoms with E-state index in [-0.39, 0.29) is 16.9 Å². The summed E-state index contributed by atoms with van der Waals surface area (Å²) in [5.74, 6) is 0. The number of hydrogen-bond acceptors (Lipinski definition) is 3. The highest BCUT2D eigenvalue weighted by Gasteiger charge is 2.20. The van der Waals surface area contributed by atoms with Crippen LogP contribution in [0.25, 0.3) is 0 Å². The van der Waals surface area contributed by atoms with Crippen molar-refractivity contribution in [2.75, 3.05) is 6.54 Å². The van der Waals surface area contributed by atoms with Crippen molar-refractivity contribution in [2.24, 2.45) is 5.41 Å². The number of benzene rings is 1. The minimum Gasteiger partial charge on any atom is -0.392 e. The van der Waals surface area contributed by atoms with Gasteiger partial charge in [0.15, 0.2) is 0 Å². The SMILES string of the molecule is CCC(C)(C)CNS(=O)(=O)c1cccc(CO)c1. The molecule has 2 N–H and O–H groups in total. The zero-order valence-electron chi connectivity index (χ0n) is 11.1. The van der Waals surface area contributed by atoms with Gasteiger partial charge in [-0.3, -0.25) is 0 Å². The Labute approximate surface area is 109 Å². The molecule has 0 aliphatic rings. The van der Waals surface area contributed by atoms with Gasteiger partial charge in [-0.25, -0.2) is 13.1 Å². The average Bonchev–Trinajstić information content (AvgIpc) is 2.37. The zero-order chi connectivity index (χ0) is 13.8. The lowest BCUT2D eigenvalue weighted by Gasteiger charge is -2.22. The van der Waals surface area contributed by atoms with Crippen molar-refractivity contribution in [1.82, 2.24) is 4.72 Å². The van der Waals surface area contributed by atoms with E-state index in [9.17, 15) is 8.42 Å². The molecule has 0 amide bonds. The molecule has 0 bridgehead atoms. The molecule has 18 heavy (non-hydrogen) atoms. The van der Waals surface area contributed by atoms with Crippen LogP contribution in [0.1, 0.15) is 32.8 Å². The Morgan fingerprint density at radius 1 is 1.33 bits per heavy atom. The summed E-state index contributed by atoms with van der Waals surface area (Å²) in [4.78, 5) is 0.195. The number of aliphatic hydroxyl groups is 1. The van der Waals surface area contributed by atoms with Gasteiger partial charge in [-0.05, 0) is 29.5 Å². The Kier molecular flexibility index (Phi) is 4.90. The van der Waals surface area contributed by atoms with Crippen LogP contribution in [0.2, 0.25) is 0 Å². The maximum atomic E-state index is 12.1. The van der Waals surface area contributed by atoms with Gasteiger partial charge in [0.25, 0.3) is 0 Å². The topological polar surface area (TPSA) is 66.4 Å². The Morgan fingerprint density at radius 3 is 2.56 bits per heavy atom. The first-order valence-electron chi connectivity index (χ1n) is 6.00. The number of nitrogens with one attached hydrogen (secondary N) is 1. The highest BCUT2D eigenvalue weighted by atomic mass is 32.2. The third-order valence-corrected chi connectivity index (χ3v) is 4.49. The van der Waals surface area contributed by atoms with E-state index in [4.69, 9.17) is 5.11 Å². The van der Waals surface area contributed by atoms with E-state index < -0.39 is 10.0 Å². The van der Waals surface area contributed by atoms with Gasteiger partial charge >= 0.3 is 0 Å². The van der Waals surface area contributed by atoms with Crippen LogP contribution in [0.15, 0.2) is 29.2 Å². The van der Waals surface area contributed by atoms with Gasteiger partial charge in [-0.15, -0.1) is 0 Å². The molecule has 1 rings (SSSR count). The summed E-state index contributed by atoms with van der Waals surface area (Å²) in [5.41, 5.74) is 0.523. The van der Waals surface area contributed by atoms with Crippen LogP contribution >= 0.6 is 0 Å². The first-order valence-corrected chi connectivity index (χ1v) is 7.48. The fraction of sp³-hybridized carbons (Fsp3) is 0.538. The minimum absolute atomic E-state index is 0.0678. The maximum Gasteiger partial charge on any atom is 0.240 e. The quantitative estimate of drug-likeness (QED) is 0.830. The third kappa shape index (κ3) is 4.08. The molecular weight excluding hydrogens is 250 g/mol. The molecule has 0 atom stereocenters. The van der Waals surface area contributed by atoms with Crippen molar-refractivity contribution in [3.63, 3.8) is 0 Å². The molecule has 0 unspecified atom stereocenters. The third-order valence-electron chi connectivity index (χ3n) is 3.09. The van der Waals surface area contributed by atoms with E-state index in [1.165, 1.54) is 12.1 Å². The molecular formula is C13H21NO3S. The van der Waals surface area contributed by atoms with Crippen LogP contribution in [0.4, 0.5) is 0 Å². The Bertz CT molecular complexity index is 495. The predicted molar refractivity (Wildman–Crippen MR) is 71.6 cm³/mol. The van der Waals surface area contributed by atoms with Crippen molar-refractivity contribution in [2.45, 2.75) is 38.7 Å². The zero-order valence-corrected chi connectivity index (χ0v) is 11.9. The highest BCUT2D eigenvalue weighted by Crippen LogP contribution is 2.19. The summed E-state index contributed by atoms with van der Waals surface area (Å²) < 4.78 is 26.7. The van der Waals surface area contributed by atoms with Gasteiger partial charge in [0.05, 0.1) is 11.5 Å². The molecule has 4 nitrogen and oxygen atoms in total. The molecule has 102 valence electrons. The van der Waals surface area contributed by atoms with Gasteiger partial charge in [0, 0.05) is 6.54 Å². The minimum atomic E-state index is -3.50. The molecule has 0 fully saturated rings. The van der Waals surface area contributed by atoms with Gasteiger partial charge in [-0.1, -0.05) is 32.9 Å². The molecule has 1 aromatic rings. The Morgan fingerprint density at radius 2 is 2.00 bits per heavy atom. The van der Waals surface area contributed by atoms with Gasteiger partial charge in [0.1, 0.15) is 0 Å². The second kappa shape index (κ2) is 5.82. The van der Waals surface area contributed by atoms with Crippen LogP contribution in [0, 0.1) is 5.41 Å². The molecule has 0 aromatic heterocycles. The normalized spacial score (nSPS) is 12.7. The maximum absolute atomic E-state index is 12.1. The summed E-state index contributed by atoms with van der Waals surface area (Å²) in [6.45, 7) is 6.29. The van der Waals surface area contributed by atoms with Gasteiger partial charge in [0.2, 0.25) is 10.0 Å². The lowest BCUT2D eigenvalue weighted by Crippen LogP contribution is -2.33. The van der Waals surface area contributed by atoms with Gasteiger partial charge in [-0.2, -0.15) is 0 Å². The molecule has 0 aliphatic carbocycles. The van der Waals surface area contributed by atoms with Crippen molar-refractivity contribution in [3.8, 4) is 0 Å². The summed E-state index contributed by atoms with van der Waals surface area (Å²) in [6, 6.07) is 6.34. The van der Waals surface area contributed by atoms with Crippen LogP contribution in [0.5, 0.6) is 0 Å². The monoisotopic (exact) mass is 271 g/mol. The second-order valence-electron chi connectivity index (χ2n) is 5.15. The van der Waals surface area contributed by atoms with Crippen LogP contribution in [0.3, 0.4) is 0 Å². The molecule has 0 aliphatic heterocycles. The van der Waals surface area contributed by atoms with Crippen LogP contribution in [-0.2, 0) is 16.6 Å². The van der Waals surface area contributed by atoms with E-state index in [2.05, 4.69) is 4.72 Å². The van der Waals surface area contributed by atoms with Crippen molar-refractivity contribution in [3.05, 3.63) is 29.8 Å². The second-order valence-corrected chi connectivity index (χ2v) is 6.91. The summed E-state index contributed by atoms with van der Waals surface area (Å²) in [6.07, 6.45) is 0.895. The molecule has 0 saturated carbocycles. The lowest BCUT2D eigenvalue weighted by molar-refractivity contribution is 0.281. The number of sulfonamides is 1. The van der Waals surface area contributed by atoms with Gasteiger partial charge < -0.3 is 5.11 Å². The fourth-order valence-electron chi connectivity index (χ4n) is 1.31. The van der Waals surface area contributed by atoms with E-state index in [1.54, 1.807) is 12.1 Å².